The highest BCUT2D eigenvalue weighted by Gasteiger charge is 2.09. The fourth-order valence-corrected chi connectivity index (χ4v) is 2.98. The highest BCUT2D eigenvalue weighted by Crippen LogP contribution is 2.20. The van der Waals surface area contributed by atoms with E-state index in [0.29, 0.717) is 6.04 Å². The maximum atomic E-state index is 4.69. The topological polar surface area (TPSA) is 24.9 Å². The first kappa shape index (κ1) is 13.7. The fourth-order valence-electron chi connectivity index (χ4n) is 1.79. The Balaban J connectivity index is 2.04. The van der Waals surface area contributed by atoms with Gasteiger partial charge >= 0.3 is 0 Å². The van der Waals surface area contributed by atoms with Gasteiger partial charge in [-0.2, -0.15) is 0 Å². The summed E-state index contributed by atoms with van der Waals surface area (Å²) in [6, 6.07) is 8.76. The van der Waals surface area contributed by atoms with Crippen LogP contribution in [0.2, 0.25) is 0 Å². The van der Waals surface area contributed by atoms with Crippen LogP contribution in [0.4, 0.5) is 0 Å². The molecule has 1 atom stereocenters. The van der Waals surface area contributed by atoms with Crippen molar-refractivity contribution in [3.05, 3.63) is 50.4 Å². The van der Waals surface area contributed by atoms with Gasteiger partial charge in [-0.3, -0.25) is 0 Å². The van der Waals surface area contributed by atoms with Gasteiger partial charge in [0, 0.05) is 22.3 Å². The van der Waals surface area contributed by atoms with E-state index in [1.165, 1.54) is 10.6 Å². The first-order valence-electron chi connectivity index (χ1n) is 6.11. The van der Waals surface area contributed by atoms with Crippen molar-refractivity contribution in [3.63, 3.8) is 0 Å². The van der Waals surface area contributed by atoms with Gasteiger partial charge in [-0.05, 0) is 31.2 Å². The monoisotopic (exact) mass is 324 g/mol. The summed E-state index contributed by atoms with van der Waals surface area (Å²) in [5.41, 5.74) is 2.45. The minimum atomic E-state index is 0.338. The Morgan fingerprint density at radius 2 is 2.06 bits per heavy atom. The molecule has 1 aromatic heterocycles. The lowest BCUT2D eigenvalue weighted by molar-refractivity contribution is 0.585. The van der Waals surface area contributed by atoms with Crippen molar-refractivity contribution in [2.24, 2.45) is 0 Å². The number of hydrogen-bond acceptors (Lipinski definition) is 3. The zero-order valence-corrected chi connectivity index (χ0v) is 13.0. The molecule has 0 amide bonds. The van der Waals surface area contributed by atoms with E-state index < -0.39 is 0 Å². The van der Waals surface area contributed by atoms with Crippen LogP contribution in [0.3, 0.4) is 0 Å². The van der Waals surface area contributed by atoms with Crippen LogP contribution in [0, 0.1) is 0 Å². The van der Waals surface area contributed by atoms with Crippen LogP contribution in [-0.4, -0.2) is 11.5 Å². The van der Waals surface area contributed by atoms with Crippen molar-refractivity contribution in [2.75, 3.05) is 6.54 Å². The van der Waals surface area contributed by atoms with Gasteiger partial charge in [-0.15, -0.1) is 11.3 Å². The van der Waals surface area contributed by atoms with E-state index in [4.69, 9.17) is 4.98 Å². The summed E-state index contributed by atoms with van der Waals surface area (Å²) in [7, 11) is 0. The zero-order valence-electron chi connectivity index (χ0n) is 10.6. The number of benzene rings is 1. The SMILES string of the molecule is CCNC(C)c1csc(Cc2ccc(Br)cc2)n1. The van der Waals surface area contributed by atoms with Gasteiger partial charge in [0.25, 0.3) is 0 Å². The van der Waals surface area contributed by atoms with Gasteiger partial charge in [0.15, 0.2) is 0 Å². The van der Waals surface area contributed by atoms with E-state index in [0.717, 1.165) is 23.1 Å². The quantitative estimate of drug-likeness (QED) is 0.892. The predicted octanol–water partition coefficient (Wildman–Crippen LogP) is 4.17. The van der Waals surface area contributed by atoms with E-state index in [9.17, 15) is 0 Å². The van der Waals surface area contributed by atoms with Crippen molar-refractivity contribution in [1.82, 2.24) is 10.3 Å². The van der Waals surface area contributed by atoms with Crippen molar-refractivity contribution in [3.8, 4) is 0 Å². The van der Waals surface area contributed by atoms with Crippen LogP contribution < -0.4 is 5.32 Å². The van der Waals surface area contributed by atoms with Gasteiger partial charge in [0.2, 0.25) is 0 Å². The Hall–Kier alpha value is -0.710. The third kappa shape index (κ3) is 3.64. The number of thiazole rings is 1. The smallest absolute Gasteiger partial charge is 0.0972 e. The van der Waals surface area contributed by atoms with Crippen LogP contribution in [0.5, 0.6) is 0 Å². The molecule has 0 radical (unpaired) electrons. The summed E-state index contributed by atoms with van der Waals surface area (Å²) in [6.45, 7) is 5.24. The third-order valence-electron chi connectivity index (χ3n) is 2.79. The molecule has 1 N–H and O–H groups in total. The summed E-state index contributed by atoms with van der Waals surface area (Å²) in [4.78, 5) is 4.69. The molecule has 2 rings (SSSR count). The summed E-state index contributed by atoms with van der Waals surface area (Å²) in [5.74, 6) is 0. The van der Waals surface area contributed by atoms with E-state index in [1.807, 2.05) is 0 Å². The van der Waals surface area contributed by atoms with E-state index in [2.05, 4.69) is 64.7 Å². The van der Waals surface area contributed by atoms with E-state index >= 15 is 0 Å². The van der Waals surface area contributed by atoms with Crippen LogP contribution in [0.1, 0.15) is 36.2 Å². The van der Waals surface area contributed by atoms with Crippen LogP contribution in [0.15, 0.2) is 34.1 Å². The number of nitrogens with one attached hydrogen (secondary N) is 1. The van der Waals surface area contributed by atoms with Crippen LogP contribution >= 0.6 is 27.3 Å². The second-order valence-corrected chi connectivity index (χ2v) is 6.11. The highest BCUT2D eigenvalue weighted by molar-refractivity contribution is 9.10. The van der Waals surface area contributed by atoms with Crippen LogP contribution in [-0.2, 0) is 6.42 Å². The standard InChI is InChI=1S/C14H17BrN2S/c1-3-16-10(2)13-9-18-14(17-13)8-11-4-6-12(15)7-5-11/h4-7,9-10,16H,3,8H2,1-2H3. The lowest BCUT2D eigenvalue weighted by Gasteiger charge is -2.08. The third-order valence-corrected chi connectivity index (χ3v) is 4.19. The number of nitrogens with zero attached hydrogens (tertiary/aromatic N) is 1. The molecule has 0 fully saturated rings. The molecule has 18 heavy (non-hydrogen) atoms. The predicted molar refractivity (Wildman–Crippen MR) is 81.2 cm³/mol. The molecule has 0 aliphatic rings. The number of hydrogen-bond donors (Lipinski definition) is 1. The van der Waals surface area contributed by atoms with Gasteiger partial charge in [-0.25, -0.2) is 4.98 Å². The summed E-state index contributed by atoms with van der Waals surface area (Å²) >= 11 is 5.19. The normalized spacial score (nSPS) is 12.6. The van der Waals surface area contributed by atoms with Crippen LogP contribution in [0.25, 0.3) is 0 Å². The molecule has 0 saturated carbocycles. The van der Waals surface area contributed by atoms with Gasteiger partial charge in [0.05, 0.1) is 10.7 Å². The fraction of sp³-hybridized carbons (Fsp3) is 0.357. The van der Waals surface area contributed by atoms with E-state index in [-0.39, 0.29) is 0 Å². The van der Waals surface area contributed by atoms with Crippen molar-refractivity contribution in [2.45, 2.75) is 26.3 Å². The lowest BCUT2D eigenvalue weighted by Crippen LogP contribution is -2.17. The lowest BCUT2D eigenvalue weighted by atomic mass is 10.2. The minimum Gasteiger partial charge on any atom is -0.309 e. The Kier molecular flexibility index (Phi) is 4.92. The molecule has 0 aliphatic heterocycles. The second kappa shape index (κ2) is 6.45. The molecule has 2 aromatic rings. The molecule has 96 valence electrons. The van der Waals surface area contributed by atoms with Crippen molar-refractivity contribution < 1.29 is 0 Å². The zero-order chi connectivity index (χ0) is 13.0. The maximum Gasteiger partial charge on any atom is 0.0972 e. The summed E-state index contributed by atoms with van der Waals surface area (Å²) < 4.78 is 1.12. The largest absolute Gasteiger partial charge is 0.309 e. The Labute approximate surface area is 121 Å². The highest BCUT2D eigenvalue weighted by atomic mass is 79.9. The molecule has 1 aromatic carbocycles. The number of rotatable bonds is 5. The number of halogens is 1. The second-order valence-electron chi connectivity index (χ2n) is 4.25. The molecule has 0 spiro atoms. The molecule has 0 saturated heterocycles. The maximum absolute atomic E-state index is 4.69. The van der Waals surface area contributed by atoms with Gasteiger partial charge < -0.3 is 5.32 Å². The summed E-state index contributed by atoms with van der Waals surface area (Å²) in [6.07, 6.45) is 0.913. The Morgan fingerprint density at radius 3 is 2.72 bits per heavy atom. The Bertz CT molecular complexity index is 493. The summed E-state index contributed by atoms with van der Waals surface area (Å²) in [5, 5.41) is 6.72. The average Bonchev–Trinajstić information content (AvgIpc) is 2.81. The molecule has 1 unspecified atom stereocenters. The first-order chi connectivity index (χ1) is 8.69. The molecular formula is C14H17BrN2S. The first-order valence-corrected chi connectivity index (χ1v) is 7.78. The molecule has 0 bridgehead atoms. The molecule has 1 heterocycles. The average molecular weight is 325 g/mol. The molecule has 4 heteroatoms. The van der Waals surface area contributed by atoms with Gasteiger partial charge in [-0.1, -0.05) is 35.0 Å². The molecular weight excluding hydrogens is 308 g/mol. The Morgan fingerprint density at radius 1 is 1.33 bits per heavy atom. The van der Waals surface area contributed by atoms with Gasteiger partial charge in [0.1, 0.15) is 0 Å². The number of aromatic nitrogens is 1. The molecule has 0 aliphatic carbocycles. The van der Waals surface area contributed by atoms with Crippen molar-refractivity contribution >= 4 is 27.3 Å². The minimum absolute atomic E-state index is 0.338. The van der Waals surface area contributed by atoms with Crippen molar-refractivity contribution in [1.29, 1.82) is 0 Å². The van der Waals surface area contributed by atoms with E-state index in [1.54, 1.807) is 11.3 Å². The molecule has 2 nitrogen and oxygen atoms in total.